The summed E-state index contributed by atoms with van der Waals surface area (Å²) in [5, 5.41) is 9.97. The third kappa shape index (κ3) is 1.39. The quantitative estimate of drug-likeness (QED) is 0.583. The van der Waals surface area contributed by atoms with E-state index in [0.29, 0.717) is 11.9 Å². The summed E-state index contributed by atoms with van der Waals surface area (Å²) < 4.78 is 0. The number of rotatable bonds is 3. The maximum absolute atomic E-state index is 8.58. The molecule has 2 atom stereocenters. The lowest BCUT2D eigenvalue weighted by atomic mass is 10.2. The first-order valence-corrected chi connectivity index (χ1v) is 4.09. The first-order chi connectivity index (χ1) is 3.88. The Morgan fingerprint density at radius 1 is 1.50 bits per heavy atom. The Labute approximate surface area is 54.5 Å². The van der Waals surface area contributed by atoms with Crippen LogP contribution in [0.25, 0.3) is 0 Å². The van der Waals surface area contributed by atoms with Gasteiger partial charge in [-0.05, 0) is 6.42 Å². The molecule has 0 aromatic rings. The molecule has 0 spiro atoms. The summed E-state index contributed by atoms with van der Waals surface area (Å²) in [5.74, 6) is 0. The first kappa shape index (κ1) is 6.43. The van der Waals surface area contributed by atoms with Crippen LogP contribution in [0.3, 0.4) is 0 Å². The van der Waals surface area contributed by atoms with Gasteiger partial charge < -0.3 is 5.11 Å². The van der Waals surface area contributed by atoms with E-state index >= 15 is 0 Å². The highest BCUT2D eigenvalue weighted by Crippen LogP contribution is 2.43. The Balaban J connectivity index is 1.99. The smallest absolute Gasteiger partial charge is 0.0560 e. The van der Waals surface area contributed by atoms with Crippen LogP contribution in [-0.4, -0.2) is 22.2 Å². The molecule has 0 amide bonds. The van der Waals surface area contributed by atoms with Crippen LogP contribution in [0.15, 0.2) is 0 Å². The van der Waals surface area contributed by atoms with Crippen LogP contribution >= 0.6 is 11.8 Å². The van der Waals surface area contributed by atoms with Crippen molar-refractivity contribution >= 4 is 11.8 Å². The van der Waals surface area contributed by atoms with Crippen LogP contribution in [0.4, 0.5) is 0 Å². The van der Waals surface area contributed by atoms with Gasteiger partial charge in [0.15, 0.2) is 0 Å². The largest absolute Gasteiger partial charge is 0.395 e. The molecule has 1 aliphatic rings. The minimum absolute atomic E-state index is 0.384. The number of aliphatic hydroxyl groups excluding tert-OH is 1. The second kappa shape index (κ2) is 2.74. The Morgan fingerprint density at radius 2 is 2.25 bits per heavy atom. The van der Waals surface area contributed by atoms with Gasteiger partial charge in [0.1, 0.15) is 0 Å². The van der Waals surface area contributed by atoms with Gasteiger partial charge >= 0.3 is 0 Å². The van der Waals surface area contributed by atoms with Crippen molar-refractivity contribution in [3.63, 3.8) is 0 Å². The van der Waals surface area contributed by atoms with Crippen molar-refractivity contribution < 1.29 is 5.11 Å². The Kier molecular flexibility index (Phi) is 2.20. The minimum atomic E-state index is 0.384. The second-order valence-electron chi connectivity index (χ2n) is 2.18. The van der Waals surface area contributed by atoms with E-state index in [4.69, 9.17) is 5.11 Å². The number of aliphatic hydroxyl groups is 1. The van der Waals surface area contributed by atoms with Crippen LogP contribution in [0, 0.1) is 0 Å². The topological polar surface area (TPSA) is 20.2 Å². The van der Waals surface area contributed by atoms with Gasteiger partial charge in [-0.25, -0.2) is 0 Å². The molecule has 0 bridgehead atoms. The van der Waals surface area contributed by atoms with Crippen molar-refractivity contribution in [1.29, 1.82) is 0 Å². The minimum Gasteiger partial charge on any atom is -0.395 e. The van der Waals surface area contributed by atoms with Crippen LogP contribution in [0.2, 0.25) is 0 Å². The molecule has 1 aliphatic heterocycles. The van der Waals surface area contributed by atoms with E-state index in [2.05, 4.69) is 6.92 Å². The molecule has 0 saturated carbocycles. The zero-order valence-corrected chi connectivity index (χ0v) is 5.95. The van der Waals surface area contributed by atoms with Gasteiger partial charge in [0.2, 0.25) is 0 Å². The third-order valence-electron chi connectivity index (χ3n) is 1.44. The number of thioether (sulfide) groups is 1. The zero-order valence-electron chi connectivity index (χ0n) is 5.13. The molecule has 8 heavy (non-hydrogen) atoms. The third-order valence-corrected chi connectivity index (χ3v) is 2.87. The summed E-state index contributed by atoms with van der Waals surface area (Å²) >= 11 is 1.91. The standard InChI is InChI=1S/C6H12OS/c1-2-3-5-6(4-7)8-5/h5-7H,2-4H2,1H3. The van der Waals surface area contributed by atoms with Gasteiger partial charge in [0, 0.05) is 10.5 Å². The normalized spacial score (nSPS) is 35.2. The van der Waals surface area contributed by atoms with Gasteiger partial charge in [-0.1, -0.05) is 13.3 Å². The van der Waals surface area contributed by atoms with Crippen LogP contribution in [0.1, 0.15) is 19.8 Å². The fourth-order valence-corrected chi connectivity index (χ4v) is 1.92. The molecule has 1 heterocycles. The lowest BCUT2D eigenvalue weighted by molar-refractivity contribution is 0.301. The SMILES string of the molecule is CCCC1SC1CO. The predicted octanol–water partition coefficient (Wildman–Crippen LogP) is 1.26. The molecule has 1 fully saturated rings. The average Bonchev–Trinajstić information content (AvgIpc) is 2.48. The van der Waals surface area contributed by atoms with Crippen molar-refractivity contribution in [3.05, 3.63) is 0 Å². The molecule has 1 nitrogen and oxygen atoms in total. The van der Waals surface area contributed by atoms with Crippen LogP contribution in [0.5, 0.6) is 0 Å². The highest BCUT2D eigenvalue weighted by atomic mass is 32.2. The molecule has 0 aromatic heterocycles. The summed E-state index contributed by atoms with van der Waals surface area (Å²) in [6.07, 6.45) is 2.55. The summed E-state index contributed by atoms with van der Waals surface area (Å²) in [5.41, 5.74) is 0. The van der Waals surface area contributed by atoms with Crippen molar-refractivity contribution in [2.24, 2.45) is 0 Å². The predicted molar refractivity (Wildman–Crippen MR) is 37.2 cm³/mol. The fraction of sp³-hybridized carbons (Fsp3) is 1.00. The van der Waals surface area contributed by atoms with Gasteiger partial charge in [0.05, 0.1) is 6.61 Å². The van der Waals surface area contributed by atoms with E-state index in [1.54, 1.807) is 0 Å². The summed E-state index contributed by atoms with van der Waals surface area (Å²) in [6.45, 7) is 2.57. The Bertz CT molecular complexity index is 74.9. The molecular weight excluding hydrogens is 120 g/mol. The number of hydrogen-bond donors (Lipinski definition) is 1. The molecule has 0 aliphatic carbocycles. The molecule has 0 radical (unpaired) electrons. The molecule has 2 unspecified atom stereocenters. The zero-order chi connectivity index (χ0) is 5.98. The molecular formula is C6H12OS. The van der Waals surface area contributed by atoms with E-state index in [1.807, 2.05) is 11.8 Å². The van der Waals surface area contributed by atoms with Crippen LogP contribution in [-0.2, 0) is 0 Å². The molecule has 1 N–H and O–H groups in total. The van der Waals surface area contributed by atoms with Gasteiger partial charge in [0.25, 0.3) is 0 Å². The maximum atomic E-state index is 8.58. The van der Waals surface area contributed by atoms with Gasteiger partial charge in [-0.3, -0.25) is 0 Å². The van der Waals surface area contributed by atoms with E-state index in [-0.39, 0.29) is 0 Å². The van der Waals surface area contributed by atoms with E-state index < -0.39 is 0 Å². The maximum Gasteiger partial charge on any atom is 0.0560 e. The fourth-order valence-electron chi connectivity index (χ4n) is 0.878. The van der Waals surface area contributed by atoms with Crippen molar-refractivity contribution in [3.8, 4) is 0 Å². The van der Waals surface area contributed by atoms with Gasteiger partial charge in [-0.2, -0.15) is 11.8 Å². The molecule has 2 heteroatoms. The van der Waals surface area contributed by atoms with E-state index in [0.717, 1.165) is 5.25 Å². The van der Waals surface area contributed by atoms with E-state index in [9.17, 15) is 0 Å². The lowest BCUT2D eigenvalue weighted by Crippen LogP contribution is -1.97. The summed E-state index contributed by atoms with van der Waals surface area (Å²) in [7, 11) is 0. The Morgan fingerprint density at radius 3 is 2.62 bits per heavy atom. The lowest BCUT2D eigenvalue weighted by Gasteiger charge is -1.87. The summed E-state index contributed by atoms with van der Waals surface area (Å²) in [4.78, 5) is 0. The monoisotopic (exact) mass is 132 g/mol. The summed E-state index contributed by atoms with van der Waals surface area (Å²) in [6, 6.07) is 0. The van der Waals surface area contributed by atoms with Crippen LogP contribution < -0.4 is 0 Å². The highest BCUT2D eigenvalue weighted by molar-refractivity contribution is 8.07. The van der Waals surface area contributed by atoms with Crippen molar-refractivity contribution in [2.75, 3.05) is 6.61 Å². The average molecular weight is 132 g/mol. The van der Waals surface area contributed by atoms with E-state index in [1.165, 1.54) is 12.8 Å². The molecule has 1 saturated heterocycles. The first-order valence-electron chi connectivity index (χ1n) is 3.14. The van der Waals surface area contributed by atoms with Crippen molar-refractivity contribution in [2.45, 2.75) is 30.3 Å². The molecule has 1 rings (SSSR count). The van der Waals surface area contributed by atoms with Gasteiger partial charge in [-0.15, -0.1) is 0 Å². The second-order valence-corrected chi connectivity index (χ2v) is 3.67. The number of hydrogen-bond acceptors (Lipinski definition) is 2. The van der Waals surface area contributed by atoms with Crippen molar-refractivity contribution in [1.82, 2.24) is 0 Å². The molecule has 0 aromatic carbocycles. The molecule has 48 valence electrons. The highest BCUT2D eigenvalue weighted by Gasteiger charge is 2.35. The Hall–Kier alpha value is 0.310.